The second-order valence-corrected chi connectivity index (χ2v) is 6.93. The van der Waals surface area contributed by atoms with E-state index >= 15 is 0 Å². The minimum absolute atomic E-state index is 0.0245. The molecule has 0 atom stereocenters. The number of nitrogens with two attached hydrogens (primary N) is 1. The molecule has 2 aromatic rings. The molecule has 0 bridgehead atoms. The summed E-state index contributed by atoms with van der Waals surface area (Å²) in [6.45, 7) is 1.65. The molecule has 1 aliphatic rings. The summed E-state index contributed by atoms with van der Waals surface area (Å²) in [6.07, 6.45) is 1.56. The molecule has 2 aromatic carbocycles. The molecule has 1 fully saturated rings. The van der Waals surface area contributed by atoms with Crippen molar-refractivity contribution in [3.05, 3.63) is 41.4 Å². The Labute approximate surface area is 164 Å². The van der Waals surface area contributed by atoms with Gasteiger partial charge in [-0.2, -0.15) is 0 Å². The maximum atomic E-state index is 12.7. The van der Waals surface area contributed by atoms with Gasteiger partial charge in [-0.1, -0.05) is 11.6 Å². The lowest BCUT2D eigenvalue weighted by Gasteiger charge is -2.33. The summed E-state index contributed by atoms with van der Waals surface area (Å²) in [5.74, 6) is 1.26. The summed E-state index contributed by atoms with van der Waals surface area (Å²) < 4.78 is 10.5. The number of halogens is 1. The molecule has 0 saturated carbocycles. The van der Waals surface area contributed by atoms with Crippen LogP contribution in [-0.4, -0.2) is 33.2 Å². The first-order valence-electron chi connectivity index (χ1n) is 8.84. The van der Waals surface area contributed by atoms with Gasteiger partial charge < -0.3 is 25.4 Å². The number of piperidine rings is 1. The highest BCUT2D eigenvalue weighted by atomic mass is 35.5. The number of benzene rings is 2. The monoisotopic (exact) mass is 389 g/mol. The molecule has 1 heterocycles. The van der Waals surface area contributed by atoms with Crippen LogP contribution in [0, 0.1) is 5.92 Å². The van der Waals surface area contributed by atoms with Crippen molar-refractivity contribution in [2.24, 2.45) is 5.92 Å². The number of hydrogen-bond donors (Lipinski definition) is 2. The van der Waals surface area contributed by atoms with E-state index in [1.165, 1.54) is 7.11 Å². The van der Waals surface area contributed by atoms with E-state index in [4.69, 9.17) is 26.8 Å². The third-order valence-electron chi connectivity index (χ3n) is 4.88. The lowest BCUT2D eigenvalue weighted by Crippen LogP contribution is -2.38. The molecule has 7 heteroatoms. The number of rotatable bonds is 5. The van der Waals surface area contributed by atoms with Crippen molar-refractivity contribution in [2.45, 2.75) is 12.8 Å². The van der Waals surface area contributed by atoms with Gasteiger partial charge >= 0.3 is 0 Å². The molecular formula is C20H24ClN3O3. The standard InChI is InChI=1S/C20H24ClN3O3/c1-26-15-5-3-14(4-6-15)24-9-7-13(8-10-24)20(25)23-18-11-16(21)17(22)12-19(18)27-2/h3-6,11-13H,7-10,22H2,1-2H3,(H,23,25). The number of carbonyl (C=O) groups is 1. The summed E-state index contributed by atoms with van der Waals surface area (Å²) in [4.78, 5) is 15.0. The fraction of sp³-hybridized carbons (Fsp3) is 0.350. The molecule has 27 heavy (non-hydrogen) atoms. The van der Waals surface area contributed by atoms with Crippen molar-refractivity contribution in [1.82, 2.24) is 0 Å². The fourth-order valence-electron chi connectivity index (χ4n) is 3.26. The van der Waals surface area contributed by atoms with Crippen molar-refractivity contribution in [3.63, 3.8) is 0 Å². The van der Waals surface area contributed by atoms with Gasteiger partial charge in [0.1, 0.15) is 11.5 Å². The van der Waals surface area contributed by atoms with E-state index in [1.54, 1.807) is 19.2 Å². The minimum Gasteiger partial charge on any atom is -0.497 e. The molecule has 6 nitrogen and oxygen atoms in total. The Morgan fingerprint density at radius 3 is 2.41 bits per heavy atom. The number of methoxy groups -OCH3 is 2. The largest absolute Gasteiger partial charge is 0.497 e. The zero-order valence-corrected chi connectivity index (χ0v) is 16.3. The van der Waals surface area contributed by atoms with E-state index in [-0.39, 0.29) is 11.8 Å². The van der Waals surface area contributed by atoms with Gasteiger partial charge in [0.25, 0.3) is 0 Å². The second kappa shape index (κ2) is 8.39. The molecule has 0 aromatic heterocycles. The zero-order valence-electron chi connectivity index (χ0n) is 15.5. The molecule has 3 rings (SSSR count). The predicted octanol–water partition coefficient (Wildman–Crippen LogP) is 3.79. The first-order valence-corrected chi connectivity index (χ1v) is 9.22. The summed E-state index contributed by atoms with van der Waals surface area (Å²) in [7, 11) is 3.19. The van der Waals surface area contributed by atoms with Crippen LogP contribution >= 0.6 is 11.6 Å². The first kappa shape index (κ1) is 19.2. The summed E-state index contributed by atoms with van der Waals surface area (Å²) in [5.41, 5.74) is 7.89. The Morgan fingerprint density at radius 2 is 1.81 bits per heavy atom. The molecule has 1 saturated heterocycles. The highest BCUT2D eigenvalue weighted by Gasteiger charge is 2.26. The molecule has 0 aliphatic carbocycles. The van der Waals surface area contributed by atoms with E-state index in [2.05, 4.69) is 10.2 Å². The molecule has 1 aliphatic heterocycles. The molecule has 0 unspecified atom stereocenters. The van der Waals surface area contributed by atoms with E-state index in [0.717, 1.165) is 37.4 Å². The smallest absolute Gasteiger partial charge is 0.227 e. The quantitative estimate of drug-likeness (QED) is 0.761. The van der Waals surface area contributed by atoms with Crippen LogP contribution in [0.3, 0.4) is 0 Å². The summed E-state index contributed by atoms with van der Waals surface area (Å²) in [6, 6.07) is 11.2. The van der Waals surface area contributed by atoms with Gasteiger partial charge in [-0.25, -0.2) is 0 Å². The lowest BCUT2D eigenvalue weighted by atomic mass is 9.95. The predicted molar refractivity (Wildman–Crippen MR) is 109 cm³/mol. The van der Waals surface area contributed by atoms with E-state index in [9.17, 15) is 4.79 Å². The van der Waals surface area contributed by atoms with Crippen LogP contribution in [0.4, 0.5) is 17.1 Å². The fourth-order valence-corrected chi connectivity index (χ4v) is 3.43. The highest BCUT2D eigenvalue weighted by molar-refractivity contribution is 6.33. The van der Waals surface area contributed by atoms with Gasteiger partial charge in [0.2, 0.25) is 5.91 Å². The minimum atomic E-state index is -0.0551. The molecule has 0 spiro atoms. The lowest BCUT2D eigenvalue weighted by molar-refractivity contribution is -0.120. The molecular weight excluding hydrogens is 366 g/mol. The van der Waals surface area contributed by atoms with Crippen LogP contribution in [0.5, 0.6) is 11.5 Å². The number of nitrogens with one attached hydrogen (secondary N) is 1. The Bertz CT molecular complexity index is 803. The average Bonchev–Trinajstić information content (AvgIpc) is 2.70. The number of hydrogen-bond acceptors (Lipinski definition) is 5. The Morgan fingerprint density at radius 1 is 1.15 bits per heavy atom. The maximum Gasteiger partial charge on any atom is 0.227 e. The van der Waals surface area contributed by atoms with Crippen LogP contribution in [0.15, 0.2) is 36.4 Å². The van der Waals surface area contributed by atoms with Crippen molar-refractivity contribution in [3.8, 4) is 11.5 Å². The SMILES string of the molecule is COc1ccc(N2CCC(C(=O)Nc3cc(Cl)c(N)cc3OC)CC2)cc1. The number of nitrogens with zero attached hydrogens (tertiary/aromatic N) is 1. The number of ether oxygens (including phenoxy) is 2. The normalized spacial score (nSPS) is 14.7. The zero-order chi connectivity index (χ0) is 19.4. The van der Waals surface area contributed by atoms with Gasteiger partial charge in [-0.3, -0.25) is 4.79 Å². The van der Waals surface area contributed by atoms with Crippen molar-refractivity contribution in [2.75, 3.05) is 43.3 Å². The Balaban J connectivity index is 1.61. The van der Waals surface area contributed by atoms with Crippen LogP contribution in [0.25, 0.3) is 0 Å². The van der Waals surface area contributed by atoms with Gasteiger partial charge in [0.15, 0.2) is 0 Å². The summed E-state index contributed by atoms with van der Waals surface area (Å²) in [5, 5.41) is 3.32. The van der Waals surface area contributed by atoms with Crippen LogP contribution in [0.2, 0.25) is 5.02 Å². The third-order valence-corrected chi connectivity index (χ3v) is 5.21. The third kappa shape index (κ3) is 4.39. The number of carbonyl (C=O) groups excluding carboxylic acids is 1. The van der Waals surface area contributed by atoms with Crippen LogP contribution < -0.4 is 25.4 Å². The highest BCUT2D eigenvalue weighted by Crippen LogP contribution is 2.34. The van der Waals surface area contributed by atoms with Crippen molar-refractivity contribution >= 4 is 34.6 Å². The molecule has 3 N–H and O–H groups in total. The average molecular weight is 390 g/mol. The molecule has 0 radical (unpaired) electrons. The van der Waals surface area contributed by atoms with Gasteiger partial charge in [-0.15, -0.1) is 0 Å². The van der Waals surface area contributed by atoms with Gasteiger partial charge in [-0.05, 0) is 43.2 Å². The molecule has 1 amide bonds. The Hall–Kier alpha value is -2.60. The number of amides is 1. The number of anilines is 3. The van der Waals surface area contributed by atoms with E-state index in [1.807, 2.05) is 24.3 Å². The Kier molecular flexibility index (Phi) is 5.96. The number of nitrogen functional groups attached to an aromatic ring is 1. The van der Waals surface area contributed by atoms with Crippen LogP contribution in [0.1, 0.15) is 12.8 Å². The summed E-state index contributed by atoms with van der Waals surface area (Å²) >= 11 is 6.07. The van der Waals surface area contributed by atoms with Gasteiger partial charge in [0.05, 0.1) is 30.6 Å². The molecule has 144 valence electrons. The maximum absolute atomic E-state index is 12.7. The van der Waals surface area contributed by atoms with E-state index in [0.29, 0.717) is 22.1 Å². The van der Waals surface area contributed by atoms with Gasteiger partial charge in [0, 0.05) is 30.8 Å². The topological polar surface area (TPSA) is 76.8 Å². The van der Waals surface area contributed by atoms with Crippen molar-refractivity contribution < 1.29 is 14.3 Å². The van der Waals surface area contributed by atoms with Crippen molar-refractivity contribution in [1.29, 1.82) is 0 Å². The second-order valence-electron chi connectivity index (χ2n) is 6.52. The van der Waals surface area contributed by atoms with Crippen LogP contribution in [-0.2, 0) is 4.79 Å². The van der Waals surface area contributed by atoms with E-state index < -0.39 is 0 Å². The first-order chi connectivity index (χ1) is 13.0.